The lowest BCUT2D eigenvalue weighted by atomic mass is 10.0. The van der Waals surface area contributed by atoms with Crippen LogP contribution in [-0.2, 0) is 10.2 Å². The summed E-state index contributed by atoms with van der Waals surface area (Å²) in [6, 6.07) is 2.25. The first-order valence-corrected chi connectivity index (χ1v) is 7.87. The molecule has 1 aliphatic rings. The highest BCUT2D eigenvalue weighted by molar-refractivity contribution is 7.87. The van der Waals surface area contributed by atoms with Crippen molar-refractivity contribution in [3.8, 4) is 6.07 Å². The van der Waals surface area contributed by atoms with Crippen LogP contribution in [0.1, 0.15) is 34.6 Å². The van der Waals surface area contributed by atoms with Gasteiger partial charge in [-0.25, -0.2) is 0 Å². The van der Waals surface area contributed by atoms with Crippen molar-refractivity contribution in [2.75, 3.05) is 26.2 Å². The lowest BCUT2D eigenvalue weighted by Gasteiger charge is -2.40. The van der Waals surface area contributed by atoms with Gasteiger partial charge in [0, 0.05) is 31.7 Å². The summed E-state index contributed by atoms with van der Waals surface area (Å²) < 4.78 is 28.4. The van der Waals surface area contributed by atoms with Gasteiger partial charge < -0.3 is 0 Å². The molecule has 0 saturated carbocycles. The van der Waals surface area contributed by atoms with Crippen LogP contribution in [0.2, 0.25) is 0 Å². The highest BCUT2D eigenvalue weighted by Crippen LogP contribution is 2.17. The predicted octanol–water partition coefficient (Wildman–Crippen LogP) is 0.539. The molecule has 0 aliphatic carbocycles. The van der Waals surface area contributed by atoms with E-state index in [1.165, 1.54) is 4.31 Å². The molecule has 1 fully saturated rings. The molecule has 0 amide bonds. The molecule has 1 N–H and O–H groups in total. The van der Waals surface area contributed by atoms with Crippen LogP contribution in [0.5, 0.6) is 0 Å². The molecule has 0 spiro atoms. The molecule has 1 saturated heterocycles. The van der Waals surface area contributed by atoms with Gasteiger partial charge in [0.05, 0.1) is 6.07 Å². The number of hydrogen-bond acceptors (Lipinski definition) is 4. The van der Waals surface area contributed by atoms with E-state index in [2.05, 4.69) is 10.8 Å². The molecular formula is C12H24N4O2S. The molecule has 0 aromatic heterocycles. The van der Waals surface area contributed by atoms with Gasteiger partial charge in [0.15, 0.2) is 0 Å². The summed E-state index contributed by atoms with van der Waals surface area (Å²) in [7, 11) is -3.44. The first-order valence-electron chi connectivity index (χ1n) is 6.43. The van der Waals surface area contributed by atoms with Gasteiger partial charge in [0.2, 0.25) is 0 Å². The minimum atomic E-state index is -3.44. The molecule has 1 rings (SSSR count). The highest BCUT2D eigenvalue weighted by Gasteiger charge is 2.34. The molecule has 110 valence electrons. The van der Waals surface area contributed by atoms with Crippen LogP contribution in [0.15, 0.2) is 0 Å². The maximum absolute atomic E-state index is 12.2. The van der Waals surface area contributed by atoms with Gasteiger partial charge in [-0.3, -0.25) is 4.90 Å². The van der Waals surface area contributed by atoms with E-state index in [1.54, 1.807) is 0 Å². The molecule has 0 aromatic rings. The van der Waals surface area contributed by atoms with Crippen LogP contribution in [0.4, 0.5) is 0 Å². The quantitative estimate of drug-likeness (QED) is 0.822. The molecule has 19 heavy (non-hydrogen) atoms. The molecule has 1 heterocycles. The largest absolute Gasteiger partial charge is 0.283 e. The van der Waals surface area contributed by atoms with E-state index in [1.807, 2.05) is 39.5 Å². The number of hydrogen-bond donors (Lipinski definition) is 1. The summed E-state index contributed by atoms with van der Waals surface area (Å²) >= 11 is 0. The Kier molecular flexibility index (Phi) is 4.62. The first kappa shape index (κ1) is 16.4. The number of nitrogens with one attached hydrogen (secondary N) is 1. The van der Waals surface area contributed by atoms with Gasteiger partial charge in [0.25, 0.3) is 10.2 Å². The molecule has 0 unspecified atom stereocenters. The van der Waals surface area contributed by atoms with Gasteiger partial charge in [-0.1, -0.05) is 0 Å². The zero-order valence-corrected chi connectivity index (χ0v) is 13.2. The Hall–Kier alpha value is -0.680. The van der Waals surface area contributed by atoms with Crippen LogP contribution in [0, 0.1) is 11.3 Å². The average molecular weight is 288 g/mol. The summed E-state index contributed by atoms with van der Waals surface area (Å²) in [6.07, 6.45) is 0. The van der Waals surface area contributed by atoms with E-state index < -0.39 is 21.3 Å². The zero-order valence-electron chi connectivity index (χ0n) is 12.4. The topological polar surface area (TPSA) is 76.4 Å². The minimum absolute atomic E-state index is 0.413. The summed E-state index contributed by atoms with van der Waals surface area (Å²) in [5.41, 5.74) is -1.03. The summed E-state index contributed by atoms with van der Waals surface area (Å²) in [5.74, 6) is 0. The Balaban J connectivity index is 2.67. The molecular weight excluding hydrogens is 264 g/mol. The van der Waals surface area contributed by atoms with Crippen LogP contribution < -0.4 is 4.72 Å². The number of rotatable bonds is 3. The summed E-state index contributed by atoms with van der Waals surface area (Å²) in [5, 5.41) is 9.09. The number of nitrogens with zero attached hydrogens (tertiary/aromatic N) is 3. The monoisotopic (exact) mass is 288 g/mol. The second kappa shape index (κ2) is 5.37. The van der Waals surface area contributed by atoms with E-state index in [4.69, 9.17) is 5.26 Å². The molecule has 0 radical (unpaired) electrons. The van der Waals surface area contributed by atoms with Gasteiger partial charge in [0.1, 0.15) is 5.54 Å². The SMILES string of the molecule is CC(C)(C)NS(=O)(=O)N1CCN(C(C)(C)C#N)CC1. The Bertz CT molecular complexity index is 451. The summed E-state index contributed by atoms with van der Waals surface area (Å²) in [6.45, 7) is 11.1. The Morgan fingerprint density at radius 2 is 1.53 bits per heavy atom. The molecule has 6 nitrogen and oxygen atoms in total. The van der Waals surface area contributed by atoms with Crippen molar-refractivity contribution in [3.63, 3.8) is 0 Å². The molecule has 0 aromatic carbocycles. The lowest BCUT2D eigenvalue weighted by molar-refractivity contribution is 0.114. The average Bonchev–Trinajstić information content (AvgIpc) is 2.26. The van der Waals surface area contributed by atoms with Gasteiger partial charge in [-0.15, -0.1) is 0 Å². The van der Waals surface area contributed by atoms with Crippen molar-refractivity contribution in [1.82, 2.24) is 13.9 Å². The minimum Gasteiger partial charge on any atom is -0.283 e. The van der Waals surface area contributed by atoms with Crippen LogP contribution in [-0.4, -0.2) is 54.9 Å². The van der Waals surface area contributed by atoms with E-state index in [0.717, 1.165) is 0 Å². The first-order chi connectivity index (χ1) is 8.48. The Morgan fingerprint density at radius 3 is 1.89 bits per heavy atom. The van der Waals surface area contributed by atoms with Crippen LogP contribution >= 0.6 is 0 Å². The maximum atomic E-state index is 12.2. The third-order valence-corrected chi connectivity index (χ3v) is 4.99. The van der Waals surface area contributed by atoms with Crippen LogP contribution in [0.3, 0.4) is 0 Å². The smallest absolute Gasteiger partial charge is 0.280 e. The standard InChI is InChI=1S/C12H24N4O2S/c1-11(2,3)14-19(17,18)16-8-6-15(7-9-16)12(4,5)10-13/h14H,6-9H2,1-5H3. The van der Waals surface area contributed by atoms with Gasteiger partial charge in [-0.2, -0.15) is 22.7 Å². The molecule has 0 bridgehead atoms. The molecule has 1 aliphatic heterocycles. The molecule has 0 atom stereocenters. The number of nitriles is 1. The zero-order chi connectivity index (χ0) is 14.9. The molecule has 7 heteroatoms. The Morgan fingerprint density at radius 1 is 1.05 bits per heavy atom. The van der Waals surface area contributed by atoms with E-state index in [9.17, 15) is 8.42 Å². The van der Waals surface area contributed by atoms with Crippen molar-refractivity contribution < 1.29 is 8.42 Å². The maximum Gasteiger partial charge on any atom is 0.280 e. The fourth-order valence-corrected chi connectivity index (χ4v) is 3.56. The predicted molar refractivity (Wildman–Crippen MR) is 74.6 cm³/mol. The van der Waals surface area contributed by atoms with Gasteiger partial charge >= 0.3 is 0 Å². The van der Waals surface area contributed by atoms with Crippen molar-refractivity contribution in [2.45, 2.75) is 45.7 Å². The Labute approximate surface area is 116 Å². The fraction of sp³-hybridized carbons (Fsp3) is 0.917. The third-order valence-electron chi connectivity index (χ3n) is 3.08. The summed E-state index contributed by atoms with van der Waals surface area (Å²) in [4.78, 5) is 2.01. The third kappa shape index (κ3) is 4.42. The van der Waals surface area contributed by atoms with Crippen molar-refractivity contribution in [3.05, 3.63) is 0 Å². The fourth-order valence-electron chi connectivity index (χ4n) is 2.01. The second-order valence-electron chi connectivity index (χ2n) is 6.41. The normalized spacial score (nSPS) is 20.2. The number of piperazine rings is 1. The van der Waals surface area contributed by atoms with Crippen molar-refractivity contribution >= 4 is 10.2 Å². The van der Waals surface area contributed by atoms with Crippen LogP contribution in [0.25, 0.3) is 0 Å². The lowest BCUT2D eigenvalue weighted by Crippen LogP contribution is -2.58. The second-order valence-corrected chi connectivity index (χ2v) is 8.08. The van der Waals surface area contributed by atoms with Crippen molar-refractivity contribution in [2.24, 2.45) is 0 Å². The van der Waals surface area contributed by atoms with Gasteiger partial charge in [-0.05, 0) is 34.6 Å². The highest BCUT2D eigenvalue weighted by atomic mass is 32.2. The van der Waals surface area contributed by atoms with E-state index >= 15 is 0 Å². The van der Waals surface area contributed by atoms with E-state index in [0.29, 0.717) is 26.2 Å². The van der Waals surface area contributed by atoms with Crippen molar-refractivity contribution in [1.29, 1.82) is 5.26 Å². The van der Waals surface area contributed by atoms with E-state index in [-0.39, 0.29) is 0 Å².